The number of nitrogen functional groups attached to an aromatic ring is 1. The van der Waals surface area contributed by atoms with Crippen molar-refractivity contribution in [3.63, 3.8) is 0 Å². The molecule has 0 aliphatic heterocycles. The van der Waals surface area contributed by atoms with Gasteiger partial charge in [0.25, 0.3) is 0 Å². The molecule has 0 atom stereocenters. The lowest BCUT2D eigenvalue weighted by Gasteiger charge is -2.10. The number of rotatable bonds is 2. The Kier molecular flexibility index (Phi) is 3.40. The summed E-state index contributed by atoms with van der Waals surface area (Å²) in [4.78, 5) is 10.8. The normalized spacial score (nSPS) is 11.3. The van der Waals surface area contributed by atoms with Crippen LogP contribution in [0.25, 0.3) is 11.1 Å². The maximum absolute atomic E-state index is 12.6. The Morgan fingerprint density at radius 1 is 1.05 bits per heavy atom. The minimum atomic E-state index is -4.43. The number of aromatic carboxylic acids is 1. The van der Waals surface area contributed by atoms with Gasteiger partial charge in [0.2, 0.25) is 0 Å². The number of benzene rings is 2. The molecule has 0 bridgehead atoms. The number of carboxylic acid groups (broad SMARTS) is 1. The van der Waals surface area contributed by atoms with E-state index in [1.54, 1.807) is 0 Å². The second-order valence-electron chi connectivity index (χ2n) is 4.19. The average Bonchev–Trinajstić information content (AvgIpc) is 2.37. The molecule has 0 heterocycles. The number of carbonyl (C=O) groups is 1. The summed E-state index contributed by atoms with van der Waals surface area (Å²) in [6.45, 7) is 0. The van der Waals surface area contributed by atoms with E-state index in [0.717, 1.165) is 12.1 Å². The Hall–Kier alpha value is -2.50. The van der Waals surface area contributed by atoms with Gasteiger partial charge < -0.3 is 10.8 Å². The van der Waals surface area contributed by atoms with Crippen molar-refractivity contribution in [2.45, 2.75) is 6.18 Å². The van der Waals surface area contributed by atoms with E-state index in [1.807, 2.05) is 0 Å². The highest BCUT2D eigenvalue weighted by atomic mass is 19.4. The van der Waals surface area contributed by atoms with Gasteiger partial charge >= 0.3 is 12.1 Å². The molecule has 0 aliphatic rings. The van der Waals surface area contributed by atoms with Crippen LogP contribution in [0, 0.1) is 0 Å². The molecule has 2 aromatic rings. The van der Waals surface area contributed by atoms with E-state index in [0.29, 0.717) is 11.1 Å². The van der Waals surface area contributed by atoms with Crippen LogP contribution in [0.5, 0.6) is 0 Å². The molecule has 20 heavy (non-hydrogen) atoms. The Labute approximate surface area is 112 Å². The fourth-order valence-electron chi connectivity index (χ4n) is 1.81. The highest BCUT2D eigenvalue weighted by molar-refractivity contribution is 5.94. The minimum absolute atomic E-state index is 0.00686. The van der Waals surface area contributed by atoms with Crippen molar-refractivity contribution in [2.24, 2.45) is 0 Å². The fourth-order valence-corrected chi connectivity index (χ4v) is 1.81. The maximum atomic E-state index is 12.6. The van der Waals surface area contributed by atoms with Gasteiger partial charge in [0, 0.05) is 5.69 Å². The van der Waals surface area contributed by atoms with Gasteiger partial charge in [-0.25, -0.2) is 4.79 Å². The second-order valence-corrected chi connectivity index (χ2v) is 4.19. The lowest BCUT2D eigenvalue weighted by Crippen LogP contribution is -2.05. The molecule has 3 nitrogen and oxygen atoms in total. The molecule has 0 radical (unpaired) electrons. The number of alkyl halides is 3. The summed E-state index contributed by atoms with van der Waals surface area (Å²) in [5, 5.41) is 8.85. The lowest BCUT2D eigenvalue weighted by molar-refractivity contribution is -0.137. The van der Waals surface area contributed by atoms with Gasteiger partial charge in [-0.05, 0) is 35.4 Å². The molecule has 3 N–H and O–H groups in total. The molecule has 6 heteroatoms. The van der Waals surface area contributed by atoms with E-state index < -0.39 is 17.7 Å². The first kappa shape index (κ1) is 13.9. The molecule has 0 aromatic heterocycles. The summed E-state index contributed by atoms with van der Waals surface area (Å²) in [7, 11) is 0. The summed E-state index contributed by atoms with van der Waals surface area (Å²) >= 11 is 0. The molecule has 0 unspecified atom stereocenters. The molecule has 2 rings (SSSR count). The van der Waals surface area contributed by atoms with Gasteiger partial charge in [0.05, 0.1) is 11.1 Å². The number of anilines is 1. The van der Waals surface area contributed by atoms with Gasteiger partial charge in [-0.3, -0.25) is 0 Å². The zero-order chi connectivity index (χ0) is 14.9. The molecule has 0 saturated heterocycles. The Morgan fingerprint density at radius 3 is 2.25 bits per heavy atom. The first-order chi connectivity index (χ1) is 9.29. The fraction of sp³-hybridized carbons (Fsp3) is 0.0714. The largest absolute Gasteiger partial charge is 0.478 e. The van der Waals surface area contributed by atoms with E-state index in [-0.39, 0.29) is 11.3 Å². The number of hydrogen-bond acceptors (Lipinski definition) is 2. The molecule has 2 aromatic carbocycles. The summed E-state index contributed by atoms with van der Waals surface area (Å²) < 4.78 is 37.9. The Bertz CT molecular complexity index is 666. The summed E-state index contributed by atoms with van der Waals surface area (Å²) in [6, 6.07) is 8.80. The van der Waals surface area contributed by atoms with E-state index in [2.05, 4.69) is 0 Å². The van der Waals surface area contributed by atoms with Gasteiger partial charge in [-0.15, -0.1) is 0 Å². The Morgan fingerprint density at radius 2 is 1.70 bits per heavy atom. The molecule has 0 fully saturated rings. The van der Waals surface area contributed by atoms with E-state index in [9.17, 15) is 18.0 Å². The van der Waals surface area contributed by atoms with Crippen LogP contribution in [0.1, 0.15) is 15.9 Å². The highest BCUT2D eigenvalue weighted by Gasteiger charge is 2.30. The van der Waals surface area contributed by atoms with Crippen molar-refractivity contribution in [1.82, 2.24) is 0 Å². The van der Waals surface area contributed by atoms with Gasteiger partial charge in [0.15, 0.2) is 0 Å². The monoisotopic (exact) mass is 281 g/mol. The average molecular weight is 281 g/mol. The molecular formula is C14H10F3NO2. The van der Waals surface area contributed by atoms with E-state index in [1.165, 1.54) is 30.3 Å². The van der Waals surface area contributed by atoms with Crippen LogP contribution in [-0.4, -0.2) is 11.1 Å². The minimum Gasteiger partial charge on any atom is -0.478 e. The van der Waals surface area contributed by atoms with Crippen LogP contribution in [0.2, 0.25) is 0 Å². The summed E-state index contributed by atoms with van der Waals surface area (Å²) in [6.07, 6.45) is -4.43. The predicted molar refractivity (Wildman–Crippen MR) is 68.3 cm³/mol. The molecule has 104 valence electrons. The number of carboxylic acids is 1. The van der Waals surface area contributed by atoms with Crippen molar-refractivity contribution < 1.29 is 23.1 Å². The third-order valence-corrected chi connectivity index (χ3v) is 2.81. The number of nitrogens with two attached hydrogens (primary N) is 1. The van der Waals surface area contributed by atoms with Crippen molar-refractivity contribution in [3.8, 4) is 11.1 Å². The number of hydrogen-bond donors (Lipinski definition) is 2. The molecule has 0 aliphatic carbocycles. The third kappa shape index (κ3) is 2.74. The second kappa shape index (κ2) is 4.88. The molecule has 0 amide bonds. The first-order valence-corrected chi connectivity index (χ1v) is 5.59. The van der Waals surface area contributed by atoms with Crippen LogP contribution in [0.15, 0.2) is 42.5 Å². The summed E-state index contributed by atoms with van der Waals surface area (Å²) in [5.41, 5.74) is 5.49. The van der Waals surface area contributed by atoms with Crippen molar-refractivity contribution in [1.29, 1.82) is 0 Å². The van der Waals surface area contributed by atoms with Crippen molar-refractivity contribution >= 4 is 11.7 Å². The van der Waals surface area contributed by atoms with Crippen LogP contribution in [-0.2, 0) is 6.18 Å². The third-order valence-electron chi connectivity index (χ3n) is 2.81. The van der Waals surface area contributed by atoms with E-state index >= 15 is 0 Å². The zero-order valence-corrected chi connectivity index (χ0v) is 10.1. The smallest absolute Gasteiger partial charge is 0.416 e. The van der Waals surface area contributed by atoms with Gasteiger partial charge in [-0.2, -0.15) is 13.2 Å². The van der Waals surface area contributed by atoms with Crippen molar-refractivity contribution in [3.05, 3.63) is 53.6 Å². The standard InChI is InChI=1S/C14H10F3NO2/c15-14(16,17)10-3-1-2-8(6-10)9-4-5-11(13(19)20)12(18)7-9/h1-7H,18H2,(H,19,20). The number of halogens is 3. The van der Waals surface area contributed by atoms with Gasteiger partial charge in [0.1, 0.15) is 0 Å². The van der Waals surface area contributed by atoms with Crippen molar-refractivity contribution in [2.75, 3.05) is 5.73 Å². The molecular weight excluding hydrogens is 271 g/mol. The zero-order valence-electron chi connectivity index (χ0n) is 10.1. The highest BCUT2D eigenvalue weighted by Crippen LogP contribution is 2.32. The van der Waals surface area contributed by atoms with Crippen LogP contribution < -0.4 is 5.73 Å². The first-order valence-electron chi connectivity index (χ1n) is 5.59. The SMILES string of the molecule is Nc1cc(-c2cccc(C(F)(F)F)c2)ccc1C(=O)O. The van der Waals surface area contributed by atoms with Crippen LogP contribution in [0.3, 0.4) is 0 Å². The quantitative estimate of drug-likeness (QED) is 0.826. The van der Waals surface area contributed by atoms with Crippen LogP contribution in [0.4, 0.5) is 18.9 Å². The topological polar surface area (TPSA) is 63.3 Å². The maximum Gasteiger partial charge on any atom is 0.416 e. The lowest BCUT2D eigenvalue weighted by atomic mass is 10.0. The van der Waals surface area contributed by atoms with E-state index in [4.69, 9.17) is 10.8 Å². The van der Waals surface area contributed by atoms with Crippen LogP contribution >= 0.6 is 0 Å². The molecule has 0 saturated carbocycles. The summed E-state index contributed by atoms with van der Waals surface area (Å²) in [5.74, 6) is -1.18. The van der Waals surface area contributed by atoms with Gasteiger partial charge in [-0.1, -0.05) is 18.2 Å². The predicted octanol–water partition coefficient (Wildman–Crippen LogP) is 3.65. The Balaban J connectivity index is 2.47. The molecule has 0 spiro atoms.